The summed E-state index contributed by atoms with van der Waals surface area (Å²) in [6.45, 7) is 3.19. The van der Waals surface area contributed by atoms with Crippen LogP contribution in [0.2, 0.25) is 0 Å². The number of nitriles is 1. The lowest BCUT2D eigenvalue weighted by molar-refractivity contribution is 0.412. The number of hydrogen-bond donors (Lipinski definition) is 1. The molecule has 0 aliphatic heterocycles. The van der Waals surface area contributed by atoms with Crippen LogP contribution in [0.4, 0.5) is 5.69 Å². The third kappa shape index (κ3) is 1.48. The molecule has 1 heterocycles. The topological polar surface area (TPSA) is 95.4 Å². The van der Waals surface area contributed by atoms with Gasteiger partial charge in [0.05, 0.1) is 0 Å². The lowest BCUT2D eigenvalue weighted by Gasteiger charge is -2.09. The minimum atomic E-state index is -0.609. The van der Waals surface area contributed by atoms with E-state index in [2.05, 4.69) is 5.18 Å². The van der Waals surface area contributed by atoms with E-state index in [1.165, 1.54) is 6.92 Å². The molecule has 6 heteroatoms. The van der Waals surface area contributed by atoms with Crippen LogP contribution in [0.15, 0.2) is 9.97 Å². The van der Waals surface area contributed by atoms with Crippen molar-refractivity contribution in [3.8, 4) is 11.9 Å². The molecule has 0 spiro atoms. The summed E-state index contributed by atoms with van der Waals surface area (Å²) >= 11 is 0. The van der Waals surface area contributed by atoms with E-state index in [4.69, 9.17) is 5.26 Å². The highest BCUT2D eigenvalue weighted by Gasteiger charge is 2.18. The summed E-state index contributed by atoms with van der Waals surface area (Å²) in [5, 5.41) is 20.9. The molecule has 0 fully saturated rings. The van der Waals surface area contributed by atoms with Crippen molar-refractivity contribution in [2.45, 2.75) is 20.4 Å². The fourth-order valence-corrected chi connectivity index (χ4v) is 1.34. The van der Waals surface area contributed by atoms with Crippen LogP contribution in [-0.2, 0) is 6.54 Å². The maximum atomic E-state index is 11.6. The van der Waals surface area contributed by atoms with Gasteiger partial charge in [-0.1, -0.05) is 0 Å². The van der Waals surface area contributed by atoms with Crippen LogP contribution in [0.1, 0.15) is 18.1 Å². The summed E-state index contributed by atoms with van der Waals surface area (Å²) in [5.41, 5.74) is -0.917. The lowest BCUT2D eigenvalue weighted by Crippen LogP contribution is -2.22. The molecule has 1 rings (SSSR count). The molecule has 6 nitrogen and oxygen atoms in total. The standard InChI is InChI=1S/C9H9N3O3/c1-3-12-8(13)6(4-10)5(2)7(11-15)9(12)14/h14H,3H2,1-2H3. The van der Waals surface area contributed by atoms with E-state index in [0.717, 1.165) is 4.57 Å². The molecule has 0 saturated heterocycles. The molecule has 78 valence electrons. The van der Waals surface area contributed by atoms with E-state index >= 15 is 0 Å². The molecule has 0 radical (unpaired) electrons. The van der Waals surface area contributed by atoms with Crippen molar-refractivity contribution in [3.63, 3.8) is 0 Å². The smallest absolute Gasteiger partial charge is 0.271 e. The number of hydrogen-bond acceptors (Lipinski definition) is 5. The molecular formula is C9H9N3O3. The van der Waals surface area contributed by atoms with Crippen molar-refractivity contribution in [1.82, 2.24) is 4.57 Å². The first kappa shape index (κ1) is 10.9. The van der Waals surface area contributed by atoms with Crippen LogP contribution in [0.25, 0.3) is 0 Å². The quantitative estimate of drug-likeness (QED) is 0.735. The van der Waals surface area contributed by atoms with Gasteiger partial charge in [0.2, 0.25) is 5.88 Å². The maximum Gasteiger partial charge on any atom is 0.271 e. The molecule has 0 atom stereocenters. The van der Waals surface area contributed by atoms with Crippen LogP contribution in [0, 0.1) is 23.2 Å². The second-order valence-electron chi connectivity index (χ2n) is 2.92. The Bertz CT molecular complexity index is 511. The maximum absolute atomic E-state index is 11.6. The summed E-state index contributed by atoms with van der Waals surface area (Å²) in [5.74, 6) is -0.492. The Balaban J connectivity index is 3.83. The Morgan fingerprint density at radius 2 is 2.20 bits per heavy atom. The average Bonchev–Trinajstić information content (AvgIpc) is 2.19. The summed E-state index contributed by atoms with van der Waals surface area (Å²) in [6.07, 6.45) is 0. The Morgan fingerprint density at radius 3 is 2.60 bits per heavy atom. The predicted molar refractivity (Wildman–Crippen MR) is 52.9 cm³/mol. The van der Waals surface area contributed by atoms with Gasteiger partial charge in [0.25, 0.3) is 5.56 Å². The van der Waals surface area contributed by atoms with E-state index < -0.39 is 11.4 Å². The van der Waals surface area contributed by atoms with Gasteiger partial charge in [0.1, 0.15) is 11.6 Å². The van der Waals surface area contributed by atoms with Crippen LogP contribution < -0.4 is 5.56 Å². The highest BCUT2D eigenvalue weighted by Crippen LogP contribution is 2.29. The van der Waals surface area contributed by atoms with Gasteiger partial charge in [-0.2, -0.15) is 5.26 Å². The van der Waals surface area contributed by atoms with Crippen molar-refractivity contribution < 1.29 is 5.11 Å². The fraction of sp³-hybridized carbons (Fsp3) is 0.333. The summed E-state index contributed by atoms with van der Waals surface area (Å²) in [4.78, 5) is 22.0. The van der Waals surface area contributed by atoms with Gasteiger partial charge in [-0.25, -0.2) is 0 Å². The summed E-state index contributed by atoms with van der Waals surface area (Å²) < 4.78 is 0.933. The van der Waals surface area contributed by atoms with E-state index in [0.29, 0.717) is 0 Å². The zero-order chi connectivity index (χ0) is 11.6. The number of pyridine rings is 1. The third-order valence-electron chi connectivity index (χ3n) is 2.18. The Labute approximate surface area is 85.4 Å². The van der Waals surface area contributed by atoms with Crippen molar-refractivity contribution in [2.75, 3.05) is 0 Å². The second-order valence-corrected chi connectivity index (χ2v) is 2.92. The predicted octanol–water partition coefficient (Wildman–Crippen LogP) is 1.15. The highest BCUT2D eigenvalue weighted by molar-refractivity contribution is 5.58. The van der Waals surface area contributed by atoms with Crippen molar-refractivity contribution in [1.29, 1.82) is 5.26 Å². The van der Waals surface area contributed by atoms with Gasteiger partial charge in [-0.15, -0.1) is 4.91 Å². The number of rotatable bonds is 2. The third-order valence-corrected chi connectivity index (χ3v) is 2.18. The molecule has 1 aromatic rings. The zero-order valence-corrected chi connectivity index (χ0v) is 8.31. The zero-order valence-electron chi connectivity index (χ0n) is 8.31. The first-order valence-electron chi connectivity index (χ1n) is 4.28. The van der Waals surface area contributed by atoms with Crippen LogP contribution >= 0.6 is 0 Å². The summed E-state index contributed by atoms with van der Waals surface area (Å²) in [6, 6.07) is 1.70. The van der Waals surface area contributed by atoms with Gasteiger partial charge in [0, 0.05) is 12.1 Å². The number of aromatic nitrogens is 1. The highest BCUT2D eigenvalue weighted by atomic mass is 16.3. The molecule has 15 heavy (non-hydrogen) atoms. The van der Waals surface area contributed by atoms with Gasteiger partial charge < -0.3 is 5.11 Å². The molecule has 0 aliphatic rings. The van der Waals surface area contributed by atoms with Gasteiger partial charge in [-0.05, 0) is 19.0 Å². The number of aromatic hydroxyl groups is 1. The van der Waals surface area contributed by atoms with Crippen LogP contribution in [-0.4, -0.2) is 9.67 Å². The lowest BCUT2D eigenvalue weighted by atomic mass is 10.1. The second kappa shape index (κ2) is 3.92. The van der Waals surface area contributed by atoms with Crippen molar-refractivity contribution >= 4 is 5.69 Å². The largest absolute Gasteiger partial charge is 0.493 e. The first-order valence-corrected chi connectivity index (χ1v) is 4.28. The normalized spacial score (nSPS) is 9.67. The van der Waals surface area contributed by atoms with Gasteiger partial charge >= 0.3 is 0 Å². The fourth-order valence-electron chi connectivity index (χ4n) is 1.34. The van der Waals surface area contributed by atoms with Crippen molar-refractivity contribution in [3.05, 3.63) is 26.4 Å². The average molecular weight is 207 g/mol. The minimum absolute atomic E-state index is 0.111. The van der Waals surface area contributed by atoms with Crippen LogP contribution in [0.3, 0.4) is 0 Å². The molecule has 1 aromatic heterocycles. The molecule has 0 unspecified atom stereocenters. The Kier molecular flexibility index (Phi) is 2.85. The van der Waals surface area contributed by atoms with Crippen LogP contribution in [0.5, 0.6) is 5.88 Å². The Hall–Kier alpha value is -2.16. The monoisotopic (exact) mass is 207 g/mol. The first-order chi connectivity index (χ1) is 7.08. The van der Waals surface area contributed by atoms with E-state index in [9.17, 15) is 14.8 Å². The van der Waals surface area contributed by atoms with E-state index in [1.807, 2.05) is 0 Å². The number of nitrogens with zero attached hydrogens (tertiary/aromatic N) is 3. The molecule has 0 aliphatic carbocycles. The SMILES string of the molecule is CCn1c(O)c(N=O)c(C)c(C#N)c1=O. The summed E-state index contributed by atoms with van der Waals surface area (Å²) in [7, 11) is 0. The molecule has 0 amide bonds. The number of nitroso groups, excluding NO2 is 1. The molecule has 1 N–H and O–H groups in total. The van der Waals surface area contributed by atoms with Gasteiger partial charge in [-0.3, -0.25) is 9.36 Å². The van der Waals surface area contributed by atoms with E-state index in [-0.39, 0.29) is 23.4 Å². The molecule has 0 bridgehead atoms. The van der Waals surface area contributed by atoms with Crippen molar-refractivity contribution in [2.24, 2.45) is 5.18 Å². The minimum Gasteiger partial charge on any atom is -0.493 e. The Morgan fingerprint density at radius 1 is 1.60 bits per heavy atom. The molecule has 0 saturated carbocycles. The van der Waals surface area contributed by atoms with Gasteiger partial charge in [0.15, 0.2) is 5.69 Å². The van der Waals surface area contributed by atoms with E-state index in [1.54, 1.807) is 13.0 Å². The molecular weight excluding hydrogens is 198 g/mol. The molecule has 0 aromatic carbocycles.